The van der Waals surface area contributed by atoms with E-state index in [2.05, 4.69) is 20.3 Å². The molecule has 0 unspecified atom stereocenters. The Morgan fingerprint density at radius 3 is 3.00 bits per heavy atom. The van der Waals surface area contributed by atoms with E-state index in [1.54, 1.807) is 17.9 Å². The number of aromatic amines is 1. The normalized spacial score (nSPS) is 19.1. The predicted molar refractivity (Wildman–Crippen MR) is 65.4 cm³/mol. The molecule has 0 radical (unpaired) electrons. The molecule has 1 fully saturated rings. The van der Waals surface area contributed by atoms with E-state index in [0.717, 1.165) is 18.5 Å². The summed E-state index contributed by atoms with van der Waals surface area (Å²) in [6.45, 7) is 4.31. The third-order valence-corrected chi connectivity index (χ3v) is 3.28. The molecule has 1 amide bonds. The zero-order valence-corrected chi connectivity index (χ0v) is 10.9. The first-order valence-electron chi connectivity index (χ1n) is 6.28. The van der Waals surface area contributed by atoms with E-state index in [1.165, 1.54) is 0 Å². The van der Waals surface area contributed by atoms with Crippen LogP contribution in [0.2, 0.25) is 0 Å². The Morgan fingerprint density at radius 2 is 2.37 bits per heavy atom. The Morgan fingerprint density at radius 1 is 1.53 bits per heavy atom. The molecule has 0 aliphatic carbocycles. The van der Waals surface area contributed by atoms with Crippen molar-refractivity contribution in [1.29, 1.82) is 0 Å². The van der Waals surface area contributed by atoms with E-state index in [9.17, 15) is 4.79 Å². The van der Waals surface area contributed by atoms with Gasteiger partial charge in [-0.2, -0.15) is 10.1 Å². The fraction of sp³-hybridized carbons (Fsp3) is 0.500. The second-order valence-corrected chi connectivity index (χ2v) is 4.76. The predicted octanol–water partition coefficient (Wildman–Crippen LogP) is 1.39. The van der Waals surface area contributed by atoms with E-state index >= 15 is 0 Å². The second kappa shape index (κ2) is 4.49. The standard InChI is InChI=1S/C12H15N5O2/c1-7-6-9(15-14-7)12(18)17-5-3-4-10(17)11-13-8(2)19-16-11/h6,10H,3-5H2,1-2H3,(H,14,15)/t10-/m0/s1. The fourth-order valence-corrected chi connectivity index (χ4v) is 2.40. The molecule has 1 saturated heterocycles. The number of aromatic nitrogens is 4. The lowest BCUT2D eigenvalue weighted by Gasteiger charge is -2.20. The van der Waals surface area contributed by atoms with Crippen LogP contribution in [0.1, 0.15) is 46.8 Å². The van der Waals surface area contributed by atoms with Crippen molar-refractivity contribution in [2.45, 2.75) is 32.7 Å². The topological polar surface area (TPSA) is 87.9 Å². The van der Waals surface area contributed by atoms with Crippen LogP contribution in [0.3, 0.4) is 0 Å². The highest BCUT2D eigenvalue weighted by atomic mass is 16.5. The van der Waals surface area contributed by atoms with Gasteiger partial charge in [-0.25, -0.2) is 0 Å². The molecule has 0 aromatic carbocycles. The smallest absolute Gasteiger partial charge is 0.274 e. The second-order valence-electron chi connectivity index (χ2n) is 4.76. The fourth-order valence-electron chi connectivity index (χ4n) is 2.40. The van der Waals surface area contributed by atoms with Gasteiger partial charge in [0.15, 0.2) is 5.82 Å². The van der Waals surface area contributed by atoms with Crippen LogP contribution < -0.4 is 0 Å². The highest BCUT2D eigenvalue weighted by Crippen LogP contribution is 2.31. The number of hydrogen-bond donors (Lipinski definition) is 1. The first kappa shape index (κ1) is 11.9. The summed E-state index contributed by atoms with van der Waals surface area (Å²) in [6, 6.07) is 1.64. The molecule has 7 nitrogen and oxygen atoms in total. The molecule has 7 heteroatoms. The molecule has 2 aromatic heterocycles. The van der Waals surface area contributed by atoms with Crippen molar-refractivity contribution in [3.05, 3.63) is 29.2 Å². The van der Waals surface area contributed by atoms with E-state index < -0.39 is 0 Å². The Balaban J connectivity index is 1.85. The summed E-state index contributed by atoms with van der Waals surface area (Å²) in [4.78, 5) is 18.4. The summed E-state index contributed by atoms with van der Waals surface area (Å²) in [5.41, 5.74) is 1.30. The Bertz CT molecular complexity index is 603. The van der Waals surface area contributed by atoms with Gasteiger partial charge in [-0.15, -0.1) is 0 Å². The summed E-state index contributed by atoms with van der Waals surface area (Å²) in [7, 11) is 0. The van der Waals surface area contributed by atoms with Crippen molar-refractivity contribution in [2.24, 2.45) is 0 Å². The SMILES string of the molecule is Cc1cc(C(=O)N2CCC[C@H]2c2noc(C)n2)n[nH]1. The summed E-state index contributed by atoms with van der Waals surface area (Å²) >= 11 is 0. The number of carbonyl (C=O) groups is 1. The zero-order chi connectivity index (χ0) is 13.4. The van der Waals surface area contributed by atoms with Crippen LogP contribution in [0.15, 0.2) is 10.6 Å². The number of likely N-dealkylation sites (tertiary alicyclic amines) is 1. The van der Waals surface area contributed by atoms with Gasteiger partial charge in [0.05, 0.1) is 6.04 Å². The Labute approximate surface area is 110 Å². The van der Waals surface area contributed by atoms with E-state index in [1.807, 2.05) is 6.92 Å². The minimum Gasteiger partial charge on any atom is -0.340 e. The highest BCUT2D eigenvalue weighted by molar-refractivity contribution is 5.92. The lowest BCUT2D eigenvalue weighted by atomic mass is 10.2. The lowest BCUT2D eigenvalue weighted by molar-refractivity contribution is 0.0722. The number of rotatable bonds is 2. The van der Waals surface area contributed by atoms with Gasteiger partial charge in [0.2, 0.25) is 5.89 Å². The molecular weight excluding hydrogens is 246 g/mol. The number of aryl methyl sites for hydroxylation is 2. The maximum absolute atomic E-state index is 12.4. The van der Waals surface area contributed by atoms with Gasteiger partial charge in [0.25, 0.3) is 5.91 Å². The number of nitrogens with zero attached hydrogens (tertiary/aromatic N) is 4. The van der Waals surface area contributed by atoms with Crippen LogP contribution in [0, 0.1) is 13.8 Å². The van der Waals surface area contributed by atoms with Gasteiger partial charge in [-0.3, -0.25) is 9.89 Å². The van der Waals surface area contributed by atoms with Crippen molar-refractivity contribution >= 4 is 5.91 Å². The van der Waals surface area contributed by atoms with Crippen LogP contribution in [0.4, 0.5) is 0 Å². The van der Waals surface area contributed by atoms with Crippen LogP contribution >= 0.6 is 0 Å². The van der Waals surface area contributed by atoms with Gasteiger partial charge in [-0.05, 0) is 25.8 Å². The van der Waals surface area contributed by atoms with E-state index in [0.29, 0.717) is 24.0 Å². The molecule has 0 bridgehead atoms. The van der Waals surface area contributed by atoms with Crippen LogP contribution in [0.25, 0.3) is 0 Å². The number of nitrogens with one attached hydrogen (secondary N) is 1. The van der Waals surface area contributed by atoms with Gasteiger partial charge in [0, 0.05) is 19.2 Å². The van der Waals surface area contributed by atoms with Crippen LogP contribution in [0.5, 0.6) is 0 Å². The largest absolute Gasteiger partial charge is 0.340 e. The van der Waals surface area contributed by atoms with Crippen molar-refractivity contribution in [1.82, 2.24) is 25.2 Å². The average Bonchev–Trinajstić information content (AvgIpc) is 3.07. The van der Waals surface area contributed by atoms with Gasteiger partial charge in [0.1, 0.15) is 5.69 Å². The monoisotopic (exact) mass is 261 g/mol. The van der Waals surface area contributed by atoms with Crippen molar-refractivity contribution < 1.29 is 9.32 Å². The third-order valence-electron chi connectivity index (χ3n) is 3.28. The van der Waals surface area contributed by atoms with Crippen LogP contribution in [-0.2, 0) is 0 Å². The summed E-state index contributed by atoms with van der Waals surface area (Å²) in [5, 5.41) is 10.7. The lowest BCUT2D eigenvalue weighted by Crippen LogP contribution is -2.31. The first-order chi connectivity index (χ1) is 9.15. The Hall–Kier alpha value is -2.18. The van der Waals surface area contributed by atoms with Gasteiger partial charge in [-0.1, -0.05) is 5.16 Å². The minimum absolute atomic E-state index is 0.0886. The first-order valence-corrected chi connectivity index (χ1v) is 6.28. The molecule has 0 saturated carbocycles. The molecule has 3 rings (SSSR count). The summed E-state index contributed by atoms with van der Waals surface area (Å²) in [5.74, 6) is 1.01. The average molecular weight is 261 g/mol. The quantitative estimate of drug-likeness (QED) is 0.882. The molecule has 2 aromatic rings. The number of amides is 1. The molecule has 19 heavy (non-hydrogen) atoms. The van der Waals surface area contributed by atoms with Crippen molar-refractivity contribution in [3.8, 4) is 0 Å². The van der Waals surface area contributed by atoms with Crippen LogP contribution in [-0.4, -0.2) is 37.7 Å². The summed E-state index contributed by atoms with van der Waals surface area (Å²) in [6.07, 6.45) is 1.79. The van der Waals surface area contributed by atoms with E-state index in [-0.39, 0.29) is 11.9 Å². The van der Waals surface area contributed by atoms with Gasteiger partial charge < -0.3 is 9.42 Å². The maximum atomic E-state index is 12.4. The third kappa shape index (κ3) is 2.11. The molecule has 100 valence electrons. The molecule has 0 spiro atoms. The van der Waals surface area contributed by atoms with Crippen molar-refractivity contribution in [3.63, 3.8) is 0 Å². The Kier molecular flexibility index (Phi) is 2.81. The molecule has 1 aliphatic heterocycles. The van der Waals surface area contributed by atoms with Gasteiger partial charge >= 0.3 is 0 Å². The summed E-state index contributed by atoms with van der Waals surface area (Å²) < 4.78 is 4.99. The molecule has 3 heterocycles. The minimum atomic E-state index is -0.109. The molecule has 1 atom stereocenters. The number of carbonyl (C=O) groups excluding carboxylic acids is 1. The van der Waals surface area contributed by atoms with Crippen molar-refractivity contribution in [2.75, 3.05) is 6.54 Å². The molecule has 1 N–H and O–H groups in total. The molecule has 1 aliphatic rings. The maximum Gasteiger partial charge on any atom is 0.274 e. The zero-order valence-electron chi connectivity index (χ0n) is 10.9. The molecular formula is C12H15N5O2. The number of hydrogen-bond acceptors (Lipinski definition) is 5. The van der Waals surface area contributed by atoms with E-state index in [4.69, 9.17) is 4.52 Å². The highest BCUT2D eigenvalue weighted by Gasteiger charge is 2.34. The number of H-pyrrole nitrogens is 1.